The van der Waals surface area contributed by atoms with Crippen LogP contribution >= 0.6 is 0 Å². The Kier molecular flexibility index (Phi) is 5.41. The predicted octanol–water partition coefficient (Wildman–Crippen LogP) is 0.779. The molecule has 12 heteroatoms. The van der Waals surface area contributed by atoms with Crippen molar-refractivity contribution in [3.63, 3.8) is 0 Å². The first kappa shape index (κ1) is 23.2. The largest absolute Gasteiger partial charge is 0.456 e. The van der Waals surface area contributed by atoms with E-state index < -0.39 is 11.5 Å². The Labute approximate surface area is 208 Å². The topological polar surface area (TPSA) is 139 Å². The van der Waals surface area contributed by atoms with E-state index in [0.29, 0.717) is 30.2 Å². The Morgan fingerprint density at radius 3 is 2.53 bits per heavy atom. The Balaban J connectivity index is 1.18. The van der Waals surface area contributed by atoms with Crippen molar-refractivity contribution in [1.82, 2.24) is 40.2 Å². The lowest BCUT2D eigenvalue weighted by atomic mass is 9.73. The lowest BCUT2D eigenvalue weighted by molar-refractivity contribution is -0.140. The number of likely N-dealkylation sites (tertiary alicyclic amines) is 1. The number of aliphatic hydroxyl groups excluding tert-OH is 1. The number of piperidine rings is 1. The van der Waals surface area contributed by atoms with E-state index in [1.165, 1.54) is 11.0 Å². The number of cyclic esters (lactones) is 1. The van der Waals surface area contributed by atoms with Crippen molar-refractivity contribution >= 4 is 11.9 Å². The zero-order valence-corrected chi connectivity index (χ0v) is 20.7. The molecule has 3 saturated heterocycles. The Morgan fingerprint density at radius 1 is 1.14 bits per heavy atom. The van der Waals surface area contributed by atoms with E-state index in [1.54, 1.807) is 11.8 Å². The van der Waals surface area contributed by atoms with Crippen LogP contribution in [0.25, 0.3) is 5.82 Å². The maximum absolute atomic E-state index is 13.6. The summed E-state index contributed by atoms with van der Waals surface area (Å²) in [5.74, 6) is 0.336. The summed E-state index contributed by atoms with van der Waals surface area (Å²) < 4.78 is 6.61. The van der Waals surface area contributed by atoms with Gasteiger partial charge in [0.1, 0.15) is 19.0 Å². The van der Waals surface area contributed by atoms with Crippen LogP contribution in [0.3, 0.4) is 0 Å². The van der Waals surface area contributed by atoms with Crippen LogP contribution in [0, 0.1) is 19.3 Å². The van der Waals surface area contributed by atoms with E-state index in [9.17, 15) is 14.7 Å². The molecular weight excluding hydrogens is 464 g/mol. The molecule has 3 fully saturated rings. The van der Waals surface area contributed by atoms with Crippen molar-refractivity contribution in [2.24, 2.45) is 5.41 Å². The number of ether oxygens (including phenoxy) is 1. The first-order valence-electron chi connectivity index (χ1n) is 12.5. The van der Waals surface area contributed by atoms with Gasteiger partial charge in [-0.15, -0.1) is 10.2 Å². The average molecular weight is 495 g/mol. The van der Waals surface area contributed by atoms with Crippen LogP contribution in [-0.4, -0.2) is 89.0 Å². The number of aliphatic hydroxyl groups is 1. The molecule has 6 heterocycles. The fourth-order valence-corrected chi connectivity index (χ4v) is 6.63. The Morgan fingerprint density at radius 2 is 1.89 bits per heavy atom. The number of nitrogens with zero attached hydrogens (tertiary/aromatic N) is 8. The summed E-state index contributed by atoms with van der Waals surface area (Å²) in [6, 6.07) is 0.461. The number of tetrazole rings is 1. The number of hydrogen-bond donors (Lipinski definition) is 1. The minimum atomic E-state index is -0.790. The van der Waals surface area contributed by atoms with Crippen LogP contribution in [0.2, 0.25) is 0 Å². The predicted molar refractivity (Wildman–Crippen MR) is 124 cm³/mol. The van der Waals surface area contributed by atoms with E-state index in [4.69, 9.17) is 4.74 Å². The van der Waals surface area contributed by atoms with E-state index >= 15 is 0 Å². The lowest BCUT2D eigenvalue weighted by Gasteiger charge is -2.44. The molecule has 2 aromatic heterocycles. The molecule has 2 bridgehead atoms. The van der Waals surface area contributed by atoms with Gasteiger partial charge >= 0.3 is 5.97 Å². The molecule has 3 atom stereocenters. The highest BCUT2D eigenvalue weighted by Gasteiger charge is 2.56. The molecule has 4 aliphatic heterocycles. The van der Waals surface area contributed by atoms with Crippen LogP contribution in [0.1, 0.15) is 62.0 Å². The molecule has 190 valence electrons. The summed E-state index contributed by atoms with van der Waals surface area (Å²) in [7, 11) is 0. The number of carbonyl (C=O) groups is 2. The molecule has 1 N–H and O–H groups in total. The van der Waals surface area contributed by atoms with Gasteiger partial charge in [0.15, 0.2) is 5.82 Å². The van der Waals surface area contributed by atoms with Crippen LogP contribution < -0.4 is 0 Å². The third-order valence-corrected chi connectivity index (χ3v) is 8.74. The third kappa shape index (κ3) is 3.46. The fourth-order valence-electron chi connectivity index (χ4n) is 6.63. The maximum atomic E-state index is 13.6. The second-order valence-corrected chi connectivity index (χ2v) is 10.6. The quantitative estimate of drug-likeness (QED) is 0.593. The van der Waals surface area contributed by atoms with Crippen molar-refractivity contribution in [3.05, 3.63) is 34.4 Å². The number of carbonyl (C=O) groups excluding carboxylic acids is 2. The zero-order chi connectivity index (χ0) is 25.2. The van der Waals surface area contributed by atoms with Gasteiger partial charge in [-0.25, -0.2) is 4.79 Å². The van der Waals surface area contributed by atoms with Gasteiger partial charge in [-0.2, -0.15) is 9.78 Å². The van der Waals surface area contributed by atoms with E-state index in [2.05, 4.69) is 30.6 Å². The summed E-state index contributed by atoms with van der Waals surface area (Å²) in [5, 5.41) is 31.0. The standard InChI is InChI=1S/C24H30N8O4/c1-13-14(2)21(32-12-25-28-29-32)27-26-20(13)19(33)10-31-16-4-5-17(31)9-24(8-16)6-7-30(23(24)35)18-11-36-22(34)15(18)3/h12,16-17,19,33H,4-11H2,1-3H3/t16?,17?,19-,24?/m0/s1. The third-order valence-electron chi connectivity index (χ3n) is 8.74. The van der Waals surface area contributed by atoms with Crippen LogP contribution in [-0.2, 0) is 14.3 Å². The number of fused-ring (bicyclic) bond motifs is 2. The van der Waals surface area contributed by atoms with Gasteiger partial charge in [0.05, 0.1) is 22.4 Å². The molecule has 12 nitrogen and oxygen atoms in total. The molecular formula is C24H30N8O4. The van der Waals surface area contributed by atoms with Crippen LogP contribution in [0.5, 0.6) is 0 Å². The molecule has 2 aromatic rings. The number of aromatic nitrogens is 6. The van der Waals surface area contributed by atoms with Gasteiger partial charge in [0.2, 0.25) is 5.91 Å². The van der Waals surface area contributed by atoms with Crippen LogP contribution in [0.15, 0.2) is 17.6 Å². The van der Waals surface area contributed by atoms with Gasteiger partial charge in [0.25, 0.3) is 0 Å². The lowest BCUT2D eigenvalue weighted by Crippen LogP contribution is -2.51. The highest BCUT2D eigenvalue weighted by Crippen LogP contribution is 2.52. The summed E-state index contributed by atoms with van der Waals surface area (Å²) in [6.45, 7) is 6.85. The molecule has 0 aliphatic carbocycles. The average Bonchev–Trinajstić information content (AvgIpc) is 3.61. The number of amides is 1. The van der Waals surface area contributed by atoms with Gasteiger partial charge in [-0.3, -0.25) is 9.69 Å². The monoisotopic (exact) mass is 494 g/mol. The summed E-state index contributed by atoms with van der Waals surface area (Å²) in [4.78, 5) is 29.6. The highest BCUT2D eigenvalue weighted by molar-refractivity contribution is 5.94. The van der Waals surface area contributed by atoms with Crippen molar-refractivity contribution in [1.29, 1.82) is 0 Å². The molecule has 0 radical (unpaired) electrons. The van der Waals surface area contributed by atoms with Crippen molar-refractivity contribution in [3.8, 4) is 5.82 Å². The highest BCUT2D eigenvalue weighted by atomic mass is 16.5. The van der Waals surface area contributed by atoms with Gasteiger partial charge in [-0.1, -0.05) is 0 Å². The molecule has 2 unspecified atom stereocenters. The van der Waals surface area contributed by atoms with Crippen molar-refractivity contribution in [2.45, 2.75) is 71.1 Å². The second-order valence-electron chi connectivity index (χ2n) is 10.6. The summed E-state index contributed by atoms with van der Waals surface area (Å²) in [6.07, 6.45) is 5.04. The Bertz CT molecular complexity index is 1250. The smallest absolute Gasteiger partial charge is 0.336 e. The summed E-state index contributed by atoms with van der Waals surface area (Å²) >= 11 is 0. The molecule has 4 aliphatic rings. The van der Waals surface area contributed by atoms with Gasteiger partial charge in [0, 0.05) is 30.7 Å². The van der Waals surface area contributed by atoms with Crippen LogP contribution in [0.4, 0.5) is 0 Å². The zero-order valence-electron chi connectivity index (χ0n) is 20.7. The number of hydrogen-bond acceptors (Lipinski definition) is 10. The normalized spacial score (nSPS) is 29.1. The van der Waals surface area contributed by atoms with Crippen molar-refractivity contribution < 1.29 is 19.4 Å². The Hall–Kier alpha value is -3.25. The minimum Gasteiger partial charge on any atom is -0.456 e. The van der Waals surface area contributed by atoms with Gasteiger partial charge < -0.3 is 14.7 Å². The first-order valence-corrected chi connectivity index (χ1v) is 12.5. The van der Waals surface area contributed by atoms with Crippen molar-refractivity contribution in [2.75, 3.05) is 19.7 Å². The fraction of sp³-hybridized carbons (Fsp3) is 0.625. The molecule has 36 heavy (non-hydrogen) atoms. The van der Waals surface area contributed by atoms with E-state index in [-0.39, 0.29) is 30.6 Å². The van der Waals surface area contributed by atoms with E-state index in [1.807, 2.05) is 13.8 Å². The maximum Gasteiger partial charge on any atom is 0.336 e. The molecule has 1 amide bonds. The second kappa shape index (κ2) is 8.41. The van der Waals surface area contributed by atoms with E-state index in [0.717, 1.165) is 48.9 Å². The molecule has 6 rings (SSSR count). The molecule has 0 aromatic carbocycles. The first-order chi connectivity index (χ1) is 17.3. The minimum absolute atomic E-state index is 0.128. The molecule has 1 spiro atoms. The SMILES string of the molecule is CC1=C(N2CCC3(CC4CCC(C3)N4C[C@H](O)c3nnc(-n4cnnn4)c(C)c3C)C2=O)COC1=O. The number of rotatable bonds is 5. The van der Waals surface area contributed by atoms with Gasteiger partial charge in [-0.05, 0) is 68.9 Å². The summed E-state index contributed by atoms with van der Waals surface area (Å²) in [5.41, 5.74) is 3.15. The number of esters is 1. The molecule has 0 saturated carbocycles.